The molecule has 2 heterocycles. The lowest BCUT2D eigenvalue weighted by atomic mass is 10.1. The fourth-order valence-electron chi connectivity index (χ4n) is 3.74. The molecule has 0 aliphatic carbocycles. The Morgan fingerprint density at radius 2 is 1.63 bits per heavy atom. The first-order valence-electron chi connectivity index (χ1n) is 11.3. The first-order chi connectivity index (χ1) is 18.2. The minimum absolute atomic E-state index is 0.0114. The topological polar surface area (TPSA) is 88.4 Å². The number of nitrogens with zero attached hydrogens (tertiary/aromatic N) is 3. The first-order valence-corrected chi connectivity index (χ1v) is 13.9. The number of aromatic nitrogens is 3. The van der Waals surface area contributed by atoms with Crippen LogP contribution in [-0.2, 0) is 23.1 Å². The number of halogens is 4. The van der Waals surface area contributed by atoms with Crippen molar-refractivity contribution in [3.63, 3.8) is 0 Å². The summed E-state index contributed by atoms with van der Waals surface area (Å²) in [6.45, 7) is 0.446. The molecule has 2 N–H and O–H groups in total. The normalized spacial score (nSPS) is 11.7. The van der Waals surface area contributed by atoms with Gasteiger partial charge in [0.1, 0.15) is 5.82 Å². The predicted octanol–water partition coefficient (Wildman–Crippen LogP) is 6.18. The van der Waals surface area contributed by atoms with Crippen molar-refractivity contribution in [2.24, 2.45) is 0 Å². The zero-order valence-corrected chi connectivity index (χ0v) is 22.7. The molecule has 0 saturated heterocycles. The van der Waals surface area contributed by atoms with Crippen LogP contribution in [0.5, 0.6) is 0 Å². The molecular formula is C26H19BrClF2N5O2S. The molecule has 3 aromatic carbocycles. The Hall–Kier alpha value is -3.38. The summed E-state index contributed by atoms with van der Waals surface area (Å²) in [5, 5.41) is 8.34. The van der Waals surface area contributed by atoms with E-state index in [1.54, 1.807) is 28.9 Å². The average Bonchev–Trinajstić information content (AvgIpc) is 3.29. The Balaban J connectivity index is 1.29. The van der Waals surface area contributed by atoms with E-state index in [1.165, 1.54) is 0 Å². The van der Waals surface area contributed by atoms with Gasteiger partial charge < -0.3 is 5.32 Å². The minimum atomic E-state index is -4.00. The summed E-state index contributed by atoms with van der Waals surface area (Å²) in [7, 11) is -4.00. The summed E-state index contributed by atoms with van der Waals surface area (Å²) in [5.74, 6) is -1.63. The highest BCUT2D eigenvalue weighted by Gasteiger charge is 2.17. The number of hydrogen-bond acceptors (Lipinski definition) is 5. The van der Waals surface area contributed by atoms with E-state index in [0.717, 1.165) is 27.7 Å². The number of rotatable bonds is 8. The summed E-state index contributed by atoms with van der Waals surface area (Å²) < 4.78 is 56.2. The number of benzene rings is 3. The summed E-state index contributed by atoms with van der Waals surface area (Å²) >= 11 is 9.89. The molecule has 2 aromatic heterocycles. The minimum Gasteiger partial charge on any atom is -0.366 e. The Bertz CT molecular complexity index is 1750. The quantitative estimate of drug-likeness (QED) is 0.217. The van der Waals surface area contributed by atoms with E-state index in [1.807, 2.05) is 36.4 Å². The molecule has 5 rings (SSSR count). The standard InChI is InChI=1S/C26H19BrClF2N5O2S/c27-20-15-32-35-25(12-24(34-26(20)35)19-3-1-2-4-21(19)28)31-13-16-5-7-17(8-6-16)14-33-38(36,37)18-9-10-22(29)23(30)11-18/h1-12,15,31,33H,13-14H2. The molecule has 0 aliphatic rings. The van der Waals surface area contributed by atoms with Crippen LogP contribution in [0, 0.1) is 11.6 Å². The van der Waals surface area contributed by atoms with Gasteiger partial charge >= 0.3 is 0 Å². The van der Waals surface area contributed by atoms with Crippen molar-refractivity contribution >= 4 is 49.0 Å². The van der Waals surface area contributed by atoms with Gasteiger partial charge in [0.15, 0.2) is 17.3 Å². The summed E-state index contributed by atoms with van der Waals surface area (Å²) in [6, 6.07) is 19.1. The molecule has 7 nitrogen and oxygen atoms in total. The summed E-state index contributed by atoms with van der Waals surface area (Å²) in [6.07, 6.45) is 1.67. The van der Waals surface area contributed by atoms with E-state index in [2.05, 4.69) is 31.1 Å². The summed E-state index contributed by atoms with van der Waals surface area (Å²) in [5.41, 5.74) is 3.75. The van der Waals surface area contributed by atoms with Crippen molar-refractivity contribution in [2.75, 3.05) is 5.32 Å². The molecule has 0 radical (unpaired) electrons. The van der Waals surface area contributed by atoms with Gasteiger partial charge in [-0.25, -0.2) is 26.9 Å². The Labute approximate surface area is 230 Å². The summed E-state index contributed by atoms with van der Waals surface area (Å²) in [4.78, 5) is 4.35. The van der Waals surface area contributed by atoms with E-state index < -0.39 is 21.7 Å². The highest BCUT2D eigenvalue weighted by Crippen LogP contribution is 2.30. The monoisotopic (exact) mass is 617 g/mol. The maximum Gasteiger partial charge on any atom is 0.240 e. The van der Waals surface area contributed by atoms with Gasteiger partial charge in [-0.15, -0.1) is 0 Å². The average molecular weight is 619 g/mol. The Morgan fingerprint density at radius 1 is 0.921 bits per heavy atom. The zero-order chi connectivity index (χ0) is 26.9. The van der Waals surface area contributed by atoms with E-state index in [9.17, 15) is 17.2 Å². The van der Waals surface area contributed by atoms with Crippen LogP contribution in [0.2, 0.25) is 5.02 Å². The van der Waals surface area contributed by atoms with Crippen LogP contribution in [0.3, 0.4) is 0 Å². The zero-order valence-electron chi connectivity index (χ0n) is 19.5. The van der Waals surface area contributed by atoms with Crippen LogP contribution in [-0.4, -0.2) is 23.0 Å². The second kappa shape index (κ2) is 10.8. The molecule has 0 spiro atoms. The van der Waals surface area contributed by atoms with Crippen molar-refractivity contribution in [3.05, 3.63) is 111 Å². The molecule has 0 fully saturated rings. The molecule has 0 unspecified atom stereocenters. The molecular weight excluding hydrogens is 600 g/mol. The van der Waals surface area contributed by atoms with Crippen molar-refractivity contribution in [3.8, 4) is 11.3 Å². The Morgan fingerprint density at radius 3 is 2.34 bits per heavy atom. The third-order valence-electron chi connectivity index (χ3n) is 5.74. The number of sulfonamides is 1. The fraction of sp³-hybridized carbons (Fsp3) is 0.0769. The largest absolute Gasteiger partial charge is 0.366 e. The second-order valence-electron chi connectivity index (χ2n) is 8.30. The Kier molecular flexibility index (Phi) is 7.44. The molecule has 0 amide bonds. The molecule has 0 atom stereocenters. The van der Waals surface area contributed by atoms with Crippen LogP contribution in [0.1, 0.15) is 11.1 Å². The van der Waals surface area contributed by atoms with Crippen LogP contribution in [0.25, 0.3) is 16.9 Å². The van der Waals surface area contributed by atoms with E-state index in [0.29, 0.717) is 40.4 Å². The molecule has 0 aliphatic heterocycles. The maximum atomic E-state index is 13.4. The third kappa shape index (κ3) is 5.56. The smallest absolute Gasteiger partial charge is 0.240 e. The van der Waals surface area contributed by atoms with Crippen molar-refractivity contribution in [1.29, 1.82) is 0 Å². The molecule has 194 valence electrons. The predicted molar refractivity (Wildman–Crippen MR) is 145 cm³/mol. The molecule has 0 bridgehead atoms. The van der Waals surface area contributed by atoms with Crippen LogP contribution < -0.4 is 10.0 Å². The van der Waals surface area contributed by atoms with Crippen LogP contribution in [0.15, 0.2) is 88.4 Å². The lowest BCUT2D eigenvalue weighted by Gasteiger charge is -2.12. The molecule has 12 heteroatoms. The third-order valence-corrected chi connectivity index (χ3v) is 8.03. The first kappa shape index (κ1) is 26.2. The van der Waals surface area contributed by atoms with Crippen molar-refractivity contribution in [1.82, 2.24) is 19.3 Å². The molecule has 0 saturated carbocycles. The number of nitrogens with one attached hydrogen (secondary N) is 2. The lowest BCUT2D eigenvalue weighted by molar-refractivity contribution is 0.504. The number of fused-ring (bicyclic) bond motifs is 1. The van der Waals surface area contributed by atoms with E-state index in [4.69, 9.17) is 16.6 Å². The maximum absolute atomic E-state index is 13.4. The second-order valence-corrected chi connectivity index (χ2v) is 11.3. The van der Waals surface area contributed by atoms with Gasteiger partial charge in [-0.05, 0) is 51.3 Å². The fourth-order valence-corrected chi connectivity index (χ4v) is 5.35. The van der Waals surface area contributed by atoms with Crippen LogP contribution in [0.4, 0.5) is 14.6 Å². The van der Waals surface area contributed by atoms with E-state index >= 15 is 0 Å². The van der Waals surface area contributed by atoms with Crippen LogP contribution >= 0.6 is 27.5 Å². The van der Waals surface area contributed by atoms with Gasteiger partial charge in [0.25, 0.3) is 0 Å². The van der Waals surface area contributed by atoms with Gasteiger partial charge in [-0.2, -0.15) is 9.61 Å². The van der Waals surface area contributed by atoms with Gasteiger partial charge in [0, 0.05) is 29.7 Å². The molecule has 38 heavy (non-hydrogen) atoms. The van der Waals surface area contributed by atoms with E-state index in [-0.39, 0.29) is 11.4 Å². The number of anilines is 1. The lowest BCUT2D eigenvalue weighted by Crippen LogP contribution is -2.23. The van der Waals surface area contributed by atoms with Gasteiger partial charge in [0.2, 0.25) is 10.0 Å². The van der Waals surface area contributed by atoms with Crippen molar-refractivity contribution < 1.29 is 17.2 Å². The highest BCUT2D eigenvalue weighted by molar-refractivity contribution is 9.10. The van der Waals surface area contributed by atoms with Crippen molar-refractivity contribution in [2.45, 2.75) is 18.0 Å². The molecule has 5 aromatic rings. The SMILES string of the molecule is O=S(=O)(NCc1ccc(CNc2cc(-c3ccccc3Cl)nc3c(Br)cnn23)cc1)c1ccc(F)c(F)c1. The number of hydrogen-bond donors (Lipinski definition) is 2. The van der Waals surface area contributed by atoms with Gasteiger partial charge in [-0.1, -0.05) is 54.1 Å². The van der Waals surface area contributed by atoms with Gasteiger partial charge in [0.05, 0.1) is 21.3 Å². The van der Waals surface area contributed by atoms with Gasteiger partial charge in [-0.3, -0.25) is 0 Å². The highest BCUT2D eigenvalue weighted by atomic mass is 79.9.